The second-order valence-electron chi connectivity index (χ2n) is 2.08. The molecule has 0 saturated heterocycles. The standard InChI is InChI=1S/C6H9BNO/c1-5(9)6-4-8-3-2-7-6/h3-5,9H,2H2,1H3/t5-/m0/s1. The van der Waals surface area contributed by atoms with Gasteiger partial charge in [0, 0.05) is 6.20 Å². The van der Waals surface area contributed by atoms with Crippen molar-refractivity contribution in [2.24, 2.45) is 4.99 Å². The lowest BCUT2D eigenvalue weighted by Gasteiger charge is -2.08. The summed E-state index contributed by atoms with van der Waals surface area (Å²) in [5, 5.41) is 9.00. The Morgan fingerprint density at radius 3 is 3.00 bits per heavy atom. The van der Waals surface area contributed by atoms with Gasteiger partial charge in [0.15, 0.2) is 7.28 Å². The van der Waals surface area contributed by atoms with E-state index in [2.05, 4.69) is 4.99 Å². The van der Waals surface area contributed by atoms with Gasteiger partial charge in [-0.15, -0.1) is 0 Å². The van der Waals surface area contributed by atoms with E-state index in [1.165, 1.54) is 0 Å². The monoisotopic (exact) mass is 122 g/mol. The van der Waals surface area contributed by atoms with E-state index < -0.39 is 0 Å². The quantitative estimate of drug-likeness (QED) is 0.502. The molecule has 0 aromatic heterocycles. The minimum absolute atomic E-state index is 0.373. The van der Waals surface area contributed by atoms with E-state index in [9.17, 15) is 0 Å². The van der Waals surface area contributed by atoms with Crippen molar-refractivity contribution in [3.63, 3.8) is 0 Å². The highest BCUT2D eigenvalue weighted by molar-refractivity contribution is 6.49. The second-order valence-corrected chi connectivity index (χ2v) is 2.08. The van der Waals surface area contributed by atoms with Gasteiger partial charge < -0.3 is 5.11 Å². The summed E-state index contributed by atoms with van der Waals surface area (Å²) < 4.78 is 0. The van der Waals surface area contributed by atoms with E-state index in [-0.39, 0.29) is 6.10 Å². The third-order valence-electron chi connectivity index (χ3n) is 1.27. The van der Waals surface area contributed by atoms with Gasteiger partial charge in [0.1, 0.15) is 0 Å². The Balaban J connectivity index is 2.57. The van der Waals surface area contributed by atoms with Crippen molar-refractivity contribution in [3.05, 3.63) is 11.7 Å². The molecule has 1 aliphatic heterocycles. The number of aliphatic imine (C=N–C) groups is 1. The van der Waals surface area contributed by atoms with Gasteiger partial charge in [0.25, 0.3) is 0 Å². The molecule has 1 rings (SSSR count). The van der Waals surface area contributed by atoms with Gasteiger partial charge in [-0.3, -0.25) is 4.99 Å². The van der Waals surface area contributed by atoms with Gasteiger partial charge in [-0.2, -0.15) is 0 Å². The molecule has 0 saturated carbocycles. The van der Waals surface area contributed by atoms with Crippen LogP contribution in [-0.4, -0.2) is 24.7 Å². The van der Waals surface area contributed by atoms with Crippen LogP contribution in [-0.2, 0) is 0 Å². The van der Waals surface area contributed by atoms with Gasteiger partial charge in [-0.05, 0) is 19.5 Å². The molecule has 47 valence electrons. The molecule has 1 atom stereocenters. The first-order chi connectivity index (χ1) is 4.30. The van der Waals surface area contributed by atoms with E-state index in [0.29, 0.717) is 0 Å². The first-order valence-electron chi connectivity index (χ1n) is 3.03. The lowest BCUT2D eigenvalue weighted by Crippen LogP contribution is -2.13. The Kier molecular flexibility index (Phi) is 2.06. The number of aliphatic hydroxyl groups is 1. The molecule has 0 fully saturated rings. The molecule has 1 aliphatic rings. The summed E-state index contributed by atoms with van der Waals surface area (Å²) in [6, 6.07) is 0. The van der Waals surface area contributed by atoms with Crippen LogP contribution in [0.3, 0.4) is 0 Å². The van der Waals surface area contributed by atoms with Crippen molar-refractivity contribution in [3.8, 4) is 0 Å². The van der Waals surface area contributed by atoms with Crippen LogP contribution in [0.25, 0.3) is 0 Å². The van der Waals surface area contributed by atoms with Crippen molar-refractivity contribution in [1.82, 2.24) is 0 Å². The lowest BCUT2D eigenvalue weighted by atomic mass is 9.64. The largest absolute Gasteiger partial charge is 0.390 e. The average Bonchev–Trinajstić information content (AvgIpc) is 1.90. The molecule has 0 aromatic carbocycles. The van der Waals surface area contributed by atoms with Crippen LogP contribution in [0, 0.1) is 0 Å². The molecule has 9 heavy (non-hydrogen) atoms. The average molecular weight is 122 g/mol. The van der Waals surface area contributed by atoms with Gasteiger partial charge in [0.2, 0.25) is 0 Å². The van der Waals surface area contributed by atoms with Crippen LogP contribution in [0.4, 0.5) is 0 Å². The van der Waals surface area contributed by atoms with E-state index in [0.717, 1.165) is 11.8 Å². The molecular formula is C6H9BNO. The molecule has 1 heterocycles. The summed E-state index contributed by atoms with van der Waals surface area (Å²) in [4.78, 5) is 3.90. The van der Waals surface area contributed by atoms with Crippen LogP contribution in [0.1, 0.15) is 6.92 Å². The van der Waals surface area contributed by atoms with Crippen LogP contribution in [0.2, 0.25) is 6.32 Å². The predicted octanol–water partition coefficient (Wildman–Crippen LogP) is 0.415. The molecule has 0 aliphatic carbocycles. The Morgan fingerprint density at radius 2 is 2.67 bits per heavy atom. The molecule has 1 radical (unpaired) electrons. The highest BCUT2D eigenvalue weighted by Gasteiger charge is 2.06. The highest BCUT2D eigenvalue weighted by Crippen LogP contribution is 2.04. The fourth-order valence-electron chi connectivity index (χ4n) is 0.720. The number of nitrogens with zero attached hydrogens (tertiary/aromatic N) is 1. The van der Waals surface area contributed by atoms with Crippen LogP contribution in [0.15, 0.2) is 16.7 Å². The van der Waals surface area contributed by atoms with Gasteiger partial charge in [-0.1, -0.05) is 5.47 Å². The molecule has 0 spiro atoms. The summed E-state index contributed by atoms with van der Waals surface area (Å²) in [5.41, 5.74) is 0.914. The zero-order chi connectivity index (χ0) is 6.69. The highest BCUT2D eigenvalue weighted by atomic mass is 16.3. The molecule has 0 unspecified atom stereocenters. The topological polar surface area (TPSA) is 32.6 Å². The number of rotatable bonds is 1. The molecule has 0 bridgehead atoms. The Labute approximate surface area is 55.5 Å². The summed E-state index contributed by atoms with van der Waals surface area (Å²) in [7, 11) is 1.97. The zero-order valence-electron chi connectivity index (χ0n) is 5.41. The van der Waals surface area contributed by atoms with Crippen molar-refractivity contribution >= 4 is 13.5 Å². The molecule has 0 amide bonds. The fraction of sp³-hybridized carbons (Fsp3) is 0.500. The van der Waals surface area contributed by atoms with E-state index in [1.54, 1.807) is 13.1 Å². The van der Waals surface area contributed by atoms with Crippen molar-refractivity contribution in [2.45, 2.75) is 19.3 Å². The minimum Gasteiger partial charge on any atom is -0.390 e. The van der Waals surface area contributed by atoms with Crippen molar-refractivity contribution in [2.75, 3.05) is 0 Å². The van der Waals surface area contributed by atoms with Gasteiger partial charge in [-0.25, -0.2) is 0 Å². The molecule has 0 aromatic rings. The minimum atomic E-state index is -0.373. The van der Waals surface area contributed by atoms with E-state index >= 15 is 0 Å². The molecule has 3 heteroatoms. The van der Waals surface area contributed by atoms with Crippen LogP contribution >= 0.6 is 0 Å². The Hall–Kier alpha value is -0.565. The zero-order valence-corrected chi connectivity index (χ0v) is 5.41. The van der Waals surface area contributed by atoms with E-state index in [1.807, 2.05) is 13.5 Å². The first kappa shape index (κ1) is 6.55. The third kappa shape index (κ3) is 1.68. The number of hydrogen-bond acceptors (Lipinski definition) is 2. The fourth-order valence-corrected chi connectivity index (χ4v) is 0.720. The summed E-state index contributed by atoms with van der Waals surface area (Å²) in [6.45, 7) is 1.74. The number of hydrogen-bond donors (Lipinski definition) is 1. The van der Waals surface area contributed by atoms with E-state index in [4.69, 9.17) is 5.11 Å². The van der Waals surface area contributed by atoms with Crippen LogP contribution in [0.5, 0.6) is 0 Å². The summed E-state index contributed by atoms with van der Waals surface area (Å²) in [6.07, 6.45) is 3.97. The molecule has 1 N–H and O–H groups in total. The van der Waals surface area contributed by atoms with Crippen molar-refractivity contribution < 1.29 is 5.11 Å². The van der Waals surface area contributed by atoms with Crippen LogP contribution < -0.4 is 0 Å². The van der Waals surface area contributed by atoms with Gasteiger partial charge in [0.05, 0.1) is 6.10 Å². The summed E-state index contributed by atoms with van der Waals surface area (Å²) >= 11 is 0. The predicted molar refractivity (Wildman–Crippen MR) is 38.8 cm³/mol. The number of aliphatic hydroxyl groups excluding tert-OH is 1. The Bertz CT molecular complexity index is 151. The maximum absolute atomic E-state index is 9.00. The summed E-state index contributed by atoms with van der Waals surface area (Å²) in [5.74, 6) is 0. The maximum atomic E-state index is 9.00. The maximum Gasteiger partial charge on any atom is 0.157 e. The lowest BCUT2D eigenvalue weighted by molar-refractivity contribution is 0.238. The van der Waals surface area contributed by atoms with Crippen molar-refractivity contribution in [1.29, 1.82) is 0 Å². The normalized spacial score (nSPS) is 20.4. The van der Waals surface area contributed by atoms with Gasteiger partial charge >= 0.3 is 0 Å². The first-order valence-corrected chi connectivity index (χ1v) is 3.03. The molecular weight excluding hydrogens is 113 g/mol. The third-order valence-corrected chi connectivity index (χ3v) is 1.27. The SMILES string of the molecule is C[C@H](O)C1=CN=CC[B]1. The smallest absolute Gasteiger partial charge is 0.157 e. The molecule has 2 nitrogen and oxygen atoms in total. The second kappa shape index (κ2) is 2.83. The Morgan fingerprint density at radius 1 is 1.89 bits per heavy atom.